The van der Waals surface area contributed by atoms with Crippen molar-refractivity contribution in [1.29, 1.82) is 0 Å². The molecule has 2 aliphatic heterocycles. The highest BCUT2D eigenvalue weighted by atomic mass is 79.9. The summed E-state index contributed by atoms with van der Waals surface area (Å²) in [6.45, 7) is 0.480. The highest BCUT2D eigenvalue weighted by Crippen LogP contribution is 2.60. The molecule has 2 heterocycles. The van der Waals surface area contributed by atoms with Crippen LogP contribution in [0.5, 0.6) is 0 Å². The number of hydrogen-bond donors (Lipinski definition) is 1. The number of rotatable bonds is 2. The van der Waals surface area contributed by atoms with Crippen molar-refractivity contribution in [2.24, 2.45) is 0 Å². The molecule has 3 aliphatic rings. The molecule has 0 amide bonds. The SMILES string of the molecule is O=S(=O)(c1ccc(Cl)cc1)N1CCC23C=CCCC12Nc1ccc(Br)cc13. The summed E-state index contributed by atoms with van der Waals surface area (Å²) in [5, 5.41) is 4.14. The van der Waals surface area contributed by atoms with Crippen molar-refractivity contribution in [2.45, 2.75) is 35.2 Å². The van der Waals surface area contributed by atoms with E-state index in [0.29, 0.717) is 11.6 Å². The fourth-order valence-corrected chi connectivity index (χ4v) is 7.27. The van der Waals surface area contributed by atoms with E-state index >= 15 is 0 Å². The number of benzene rings is 2. The number of fused-ring (bicyclic) bond motifs is 1. The lowest BCUT2D eigenvalue weighted by atomic mass is 9.68. The summed E-state index contributed by atoms with van der Waals surface area (Å²) >= 11 is 9.53. The number of allylic oxidation sites excluding steroid dienone is 1. The van der Waals surface area contributed by atoms with Gasteiger partial charge in [-0.2, -0.15) is 4.31 Å². The van der Waals surface area contributed by atoms with Crippen LogP contribution in [0, 0.1) is 0 Å². The molecule has 1 fully saturated rings. The van der Waals surface area contributed by atoms with Crippen LogP contribution >= 0.6 is 27.5 Å². The lowest BCUT2D eigenvalue weighted by Crippen LogP contribution is -2.59. The molecule has 0 radical (unpaired) electrons. The highest BCUT2D eigenvalue weighted by Gasteiger charge is 2.66. The molecule has 2 aromatic rings. The number of anilines is 1. The van der Waals surface area contributed by atoms with Gasteiger partial charge in [-0.15, -0.1) is 0 Å². The minimum absolute atomic E-state index is 0.283. The summed E-state index contributed by atoms with van der Waals surface area (Å²) < 4.78 is 29.8. The molecule has 1 saturated heterocycles. The average Bonchev–Trinajstić information content (AvgIpc) is 3.13. The van der Waals surface area contributed by atoms with Gasteiger partial charge in [-0.05, 0) is 67.3 Å². The summed E-state index contributed by atoms with van der Waals surface area (Å²) in [6.07, 6.45) is 6.75. The molecule has 2 unspecified atom stereocenters. The van der Waals surface area contributed by atoms with E-state index in [1.807, 2.05) is 12.1 Å². The number of nitrogens with zero attached hydrogens (tertiary/aromatic N) is 1. The molecule has 0 spiro atoms. The second-order valence-corrected chi connectivity index (χ2v) is 10.6. The topological polar surface area (TPSA) is 49.4 Å². The fourth-order valence-electron chi connectivity index (χ4n) is 5.00. The Balaban J connectivity index is 1.68. The molecule has 140 valence electrons. The summed E-state index contributed by atoms with van der Waals surface area (Å²) in [6, 6.07) is 12.6. The first-order chi connectivity index (χ1) is 12.9. The van der Waals surface area contributed by atoms with Crippen molar-refractivity contribution in [3.05, 3.63) is 69.7 Å². The molecule has 2 aromatic carbocycles. The van der Waals surface area contributed by atoms with E-state index < -0.39 is 15.7 Å². The van der Waals surface area contributed by atoms with Crippen LogP contribution in [0.1, 0.15) is 24.8 Å². The van der Waals surface area contributed by atoms with E-state index in [1.165, 1.54) is 5.56 Å². The van der Waals surface area contributed by atoms with Crippen LogP contribution in [0.25, 0.3) is 0 Å². The summed E-state index contributed by atoms with van der Waals surface area (Å²) in [5.74, 6) is 0. The van der Waals surface area contributed by atoms with E-state index in [4.69, 9.17) is 11.6 Å². The van der Waals surface area contributed by atoms with Crippen molar-refractivity contribution in [3.63, 3.8) is 0 Å². The monoisotopic (exact) mass is 464 g/mol. The molecular weight excluding hydrogens is 448 g/mol. The Kier molecular flexibility index (Phi) is 3.83. The molecule has 1 N–H and O–H groups in total. The molecule has 5 rings (SSSR count). The second kappa shape index (κ2) is 5.83. The maximum atomic E-state index is 13.6. The van der Waals surface area contributed by atoms with Crippen LogP contribution < -0.4 is 5.32 Å². The smallest absolute Gasteiger partial charge is 0.245 e. The van der Waals surface area contributed by atoms with Crippen LogP contribution in [0.3, 0.4) is 0 Å². The Bertz CT molecular complexity index is 1070. The number of hydrogen-bond acceptors (Lipinski definition) is 3. The molecule has 27 heavy (non-hydrogen) atoms. The third kappa shape index (κ3) is 2.27. The maximum Gasteiger partial charge on any atom is 0.245 e. The molecule has 0 aromatic heterocycles. The largest absolute Gasteiger partial charge is 0.365 e. The fraction of sp³-hybridized carbons (Fsp3) is 0.300. The van der Waals surface area contributed by atoms with Gasteiger partial charge in [0.25, 0.3) is 0 Å². The van der Waals surface area contributed by atoms with E-state index in [2.05, 4.69) is 39.5 Å². The third-order valence-electron chi connectivity index (χ3n) is 6.15. The molecule has 0 saturated carbocycles. The molecule has 4 nitrogen and oxygen atoms in total. The van der Waals surface area contributed by atoms with Gasteiger partial charge in [0.1, 0.15) is 5.66 Å². The first-order valence-electron chi connectivity index (χ1n) is 8.93. The predicted molar refractivity (Wildman–Crippen MR) is 111 cm³/mol. The summed E-state index contributed by atoms with van der Waals surface area (Å²) in [5.41, 5.74) is 1.18. The highest BCUT2D eigenvalue weighted by molar-refractivity contribution is 9.10. The first-order valence-corrected chi connectivity index (χ1v) is 11.5. The Morgan fingerprint density at radius 2 is 1.89 bits per heavy atom. The van der Waals surface area contributed by atoms with Crippen molar-refractivity contribution in [1.82, 2.24) is 4.31 Å². The van der Waals surface area contributed by atoms with Gasteiger partial charge in [-0.1, -0.05) is 39.7 Å². The summed E-state index contributed by atoms with van der Waals surface area (Å²) in [7, 11) is -3.66. The van der Waals surface area contributed by atoms with Gasteiger partial charge in [0.2, 0.25) is 10.0 Å². The van der Waals surface area contributed by atoms with E-state index in [1.54, 1.807) is 28.6 Å². The normalized spacial score (nSPS) is 29.1. The van der Waals surface area contributed by atoms with Gasteiger partial charge < -0.3 is 5.32 Å². The van der Waals surface area contributed by atoms with Gasteiger partial charge >= 0.3 is 0 Å². The average molecular weight is 466 g/mol. The number of nitrogens with one attached hydrogen (secondary N) is 1. The standard InChI is InChI=1S/C20H18BrClN2O2S/c21-14-3-8-18-17(13-14)19-9-1-2-10-20(19,23-18)24(12-11-19)27(25,26)16-6-4-15(22)5-7-16/h1,3-9,13,23H,2,10-12H2. The minimum atomic E-state index is -3.66. The maximum absolute atomic E-state index is 13.6. The molecule has 2 atom stereocenters. The predicted octanol–water partition coefficient (Wildman–Crippen LogP) is 4.91. The van der Waals surface area contributed by atoms with Crippen LogP contribution in [0.4, 0.5) is 5.69 Å². The van der Waals surface area contributed by atoms with Gasteiger partial charge in [0.15, 0.2) is 0 Å². The van der Waals surface area contributed by atoms with Gasteiger partial charge in [0, 0.05) is 21.7 Å². The molecule has 1 aliphatic carbocycles. The zero-order chi connectivity index (χ0) is 18.9. The Hall–Kier alpha value is -1.34. The number of sulfonamides is 1. The molecular formula is C20H18BrClN2O2S. The second-order valence-electron chi connectivity index (χ2n) is 7.37. The first kappa shape index (κ1) is 17.7. The number of halogens is 2. The summed E-state index contributed by atoms with van der Waals surface area (Å²) in [4.78, 5) is 0.283. The zero-order valence-corrected chi connectivity index (χ0v) is 17.6. The van der Waals surface area contributed by atoms with Crippen LogP contribution in [-0.4, -0.2) is 24.9 Å². The van der Waals surface area contributed by atoms with Crippen LogP contribution in [0.2, 0.25) is 5.02 Å². The van der Waals surface area contributed by atoms with Crippen molar-refractivity contribution >= 4 is 43.2 Å². The van der Waals surface area contributed by atoms with Gasteiger partial charge in [0.05, 0.1) is 10.3 Å². The Morgan fingerprint density at radius 3 is 2.67 bits per heavy atom. The minimum Gasteiger partial charge on any atom is -0.365 e. The van der Waals surface area contributed by atoms with E-state index in [9.17, 15) is 8.42 Å². The Labute approximate surface area is 172 Å². The Morgan fingerprint density at radius 1 is 1.11 bits per heavy atom. The van der Waals surface area contributed by atoms with Crippen molar-refractivity contribution in [2.75, 3.05) is 11.9 Å². The van der Waals surface area contributed by atoms with Crippen molar-refractivity contribution < 1.29 is 8.42 Å². The molecule has 7 heteroatoms. The third-order valence-corrected chi connectivity index (χ3v) is 8.84. The van der Waals surface area contributed by atoms with Gasteiger partial charge in [-0.3, -0.25) is 0 Å². The quantitative estimate of drug-likeness (QED) is 0.641. The van der Waals surface area contributed by atoms with Crippen LogP contribution in [-0.2, 0) is 15.4 Å². The van der Waals surface area contributed by atoms with Crippen molar-refractivity contribution in [3.8, 4) is 0 Å². The van der Waals surface area contributed by atoms with Gasteiger partial charge in [-0.25, -0.2) is 8.42 Å². The zero-order valence-electron chi connectivity index (χ0n) is 14.5. The lowest BCUT2D eigenvalue weighted by Gasteiger charge is -2.45. The van der Waals surface area contributed by atoms with Crippen LogP contribution in [0.15, 0.2) is 64.0 Å². The van der Waals surface area contributed by atoms with E-state index in [-0.39, 0.29) is 10.3 Å². The lowest BCUT2D eigenvalue weighted by molar-refractivity contribution is 0.206. The molecule has 0 bridgehead atoms. The van der Waals surface area contributed by atoms with E-state index in [0.717, 1.165) is 29.4 Å².